The van der Waals surface area contributed by atoms with Crippen LogP contribution < -0.4 is 10.9 Å². The van der Waals surface area contributed by atoms with Crippen LogP contribution in [0, 0.1) is 5.92 Å². The predicted octanol–water partition coefficient (Wildman–Crippen LogP) is 2.81. The second kappa shape index (κ2) is 10.0. The van der Waals surface area contributed by atoms with E-state index in [1.807, 2.05) is 0 Å². The molecule has 2 aliphatic rings. The first-order valence-corrected chi connectivity index (χ1v) is 13.2. The minimum Gasteiger partial charge on any atom is -0.381 e. The molecule has 0 aliphatic carbocycles. The van der Waals surface area contributed by atoms with E-state index in [9.17, 15) is 18.0 Å². The number of carbonyl (C=O) groups excluding carboxylic acids is 1. The van der Waals surface area contributed by atoms with E-state index in [4.69, 9.17) is 16.3 Å². The summed E-state index contributed by atoms with van der Waals surface area (Å²) in [5.41, 5.74) is -0.341. The van der Waals surface area contributed by atoms with Crippen LogP contribution in [0.15, 0.2) is 28.2 Å². The fraction of sp³-hybridized carbons (Fsp3) is 0.550. The lowest BCUT2D eigenvalue weighted by Gasteiger charge is -2.26. The third kappa shape index (κ3) is 5.23. The number of anilines is 1. The molecular formula is C20H25ClN4O5S2. The quantitative estimate of drug-likeness (QED) is 0.603. The van der Waals surface area contributed by atoms with Crippen molar-refractivity contribution in [1.82, 2.24) is 14.3 Å². The Morgan fingerprint density at radius 3 is 2.72 bits per heavy atom. The first-order valence-electron chi connectivity index (χ1n) is 10.6. The van der Waals surface area contributed by atoms with Gasteiger partial charge in [0.1, 0.15) is 4.34 Å². The molecule has 0 aromatic carbocycles. The molecule has 12 heteroatoms. The van der Waals surface area contributed by atoms with Crippen molar-refractivity contribution in [2.24, 2.45) is 5.92 Å². The van der Waals surface area contributed by atoms with E-state index in [1.54, 1.807) is 0 Å². The third-order valence-electron chi connectivity index (χ3n) is 5.92. The number of aromatic amines is 1. The Kier molecular flexibility index (Phi) is 7.30. The van der Waals surface area contributed by atoms with Gasteiger partial charge in [-0.25, -0.2) is 13.4 Å². The van der Waals surface area contributed by atoms with Gasteiger partial charge < -0.3 is 15.0 Å². The number of pyridine rings is 1. The molecule has 32 heavy (non-hydrogen) atoms. The fourth-order valence-electron chi connectivity index (χ4n) is 4.16. The Morgan fingerprint density at radius 1 is 1.34 bits per heavy atom. The van der Waals surface area contributed by atoms with Crippen molar-refractivity contribution < 1.29 is 17.9 Å². The number of thiazole rings is 1. The number of aromatic nitrogens is 2. The van der Waals surface area contributed by atoms with Gasteiger partial charge in [0.25, 0.3) is 5.56 Å². The largest absolute Gasteiger partial charge is 0.381 e. The molecule has 2 aliphatic heterocycles. The second-order valence-corrected chi connectivity index (χ2v) is 11.6. The standard InChI is InChI=1S/C20H25ClN4O5S2/c21-17-12-23-20(31-17)24-19(27)15(9-13-3-7-30-8-4-13)16-10-14(11-22-18(16)26)32(28,29)25-5-1-2-6-25/h10-13,15H,1-9H2,(H,22,26)(H,23,24,27). The highest BCUT2D eigenvalue weighted by Crippen LogP contribution is 2.31. The molecule has 0 bridgehead atoms. The topological polar surface area (TPSA) is 121 Å². The van der Waals surface area contributed by atoms with Crippen molar-refractivity contribution >= 4 is 44.0 Å². The number of sulfonamides is 1. The molecule has 4 rings (SSSR count). The molecule has 0 spiro atoms. The lowest BCUT2D eigenvalue weighted by Crippen LogP contribution is -2.32. The summed E-state index contributed by atoms with van der Waals surface area (Å²) >= 11 is 7.04. The summed E-state index contributed by atoms with van der Waals surface area (Å²) in [4.78, 5) is 32.6. The van der Waals surface area contributed by atoms with Gasteiger partial charge in [-0.15, -0.1) is 0 Å². The lowest BCUT2D eigenvalue weighted by molar-refractivity contribution is -0.118. The molecule has 2 aromatic rings. The zero-order chi connectivity index (χ0) is 22.7. The van der Waals surface area contributed by atoms with Crippen molar-refractivity contribution in [2.45, 2.75) is 42.9 Å². The summed E-state index contributed by atoms with van der Waals surface area (Å²) in [6, 6.07) is 1.35. The average Bonchev–Trinajstić information content (AvgIpc) is 3.46. The van der Waals surface area contributed by atoms with Crippen LogP contribution >= 0.6 is 22.9 Å². The van der Waals surface area contributed by atoms with Crippen LogP contribution in [0.25, 0.3) is 0 Å². The Balaban J connectivity index is 1.67. The van der Waals surface area contributed by atoms with Crippen LogP contribution in [0.2, 0.25) is 4.34 Å². The maximum absolute atomic E-state index is 13.2. The minimum absolute atomic E-state index is 0.00364. The average molecular weight is 501 g/mol. The molecule has 2 saturated heterocycles. The fourth-order valence-corrected chi connectivity index (χ4v) is 6.50. The molecular weight excluding hydrogens is 476 g/mol. The third-order valence-corrected chi connectivity index (χ3v) is 8.82. The van der Waals surface area contributed by atoms with Crippen molar-refractivity contribution in [3.63, 3.8) is 0 Å². The Bertz CT molecular complexity index is 1120. The van der Waals surface area contributed by atoms with E-state index in [0.717, 1.165) is 37.0 Å². The molecule has 0 saturated carbocycles. The van der Waals surface area contributed by atoms with Gasteiger partial charge in [-0.05, 0) is 44.1 Å². The van der Waals surface area contributed by atoms with E-state index in [-0.39, 0.29) is 16.4 Å². The normalized spacial score (nSPS) is 19.2. The molecule has 2 fully saturated rings. The van der Waals surface area contributed by atoms with Crippen molar-refractivity contribution in [3.05, 3.63) is 38.7 Å². The number of H-pyrrole nitrogens is 1. The van der Waals surface area contributed by atoms with Crippen molar-refractivity contribution in [3.8, 4) is 0 Å². The smallest absolute Gasteiger partial charge is 0.252 e. The molecule has 9 nitrogen and oxygen atoms in total. The van der Waals surface area contributed by atoms with E-state index >= 15 is 0 Å². The maximum atomic E-state index is 13.2. The van der Waals surface area contributed by atoms with E-state index in [2.05, 4.69) is 15.3 Å². The molecule has 174 valence electrons. The number of amides is 1. The minimum atomic E-state index is -3.74. The maximum Gasteiger partial charge on any atom is 0.252 e. The van der Waals surface area contributed by atoms with Crippen molar-refractivity contribution in [1.29, 1.82) is 0 Å². The number of nitrogens with zero attached hydrogens (tertiary/aromatic N) is 2. The zero-order valence-corrected chi connectivity index (χ0v) is 19.8. The number of rotatable bonds is 7. The number of ether oxygens (including phenoxy) is 1. The van der Waals surface area contributed by atoms with E-state index in [0.29, 0.717) is 42.2 Å². The van der Waals surface area contributed by atoms with Gasteiger partial charge in [0.2, 0.25) is 15.9 Å². The molecule has 2 N–H and O–H groups in total. The van der Waals surface area contributed by atoms with Gasteiger partial charge >= 0.3 is 0 Å². The second-order valence-electron chi connectivity index (χ2n) is 8.03. The molecule has 2 aromatic heterocycles. The number of hydrogen-bond acceptors (Lipinski definition) is 7. The lowest BCUT2D eigenvalue weighted by atomic mass is 9.85. The van der Waals surface area contributed by atoms with Gasteiger partial charge in [0.05, 0.1) is 17.0 Å². The van der Waals surface area contributed by atoms with Crippen molar-refractivity contribution in [2.75, 3.05) is 31.6 Å². The summed E-state index contributed by atoms with van der Waals surface area (Å²) < 4.78 is 33.3. The Morgan fingerprint density at radius 2 is 2.06 bits per heavy atom. The van der Waals surface area contributed by atoms with Gasteiger partial charge in [-0.3, -0.25) is 9.59 Å². The van der Waals surface area contributed by atoms with Crippen LogP contribution in [0.4, 0.5) is 5.13 Å². The van der Waals surface area contributed by atoms with E-state index < -0.39 is 27.4 Å². The van der Waals surface area contributed by atoms with E-state index in [1.165, 1.54) is 22.8 Å². The summed E-state index contributed by atoms with van der Waals surface area (Å²) in [6.45, 7) is 2.10. The first-order chi connectivity index (χ1) is 15.3. The molecule has 1 atom stereocenters. The molecule has 4 heterocycles. The molecule has 1 amide bonds. The highest BCUT2D eigenvalue weighted by molar-refractivity contribution is 7.89. The summed E-state index contributed by atoms with van der Waals surface area (Å²) in [5, 5.41) is 3.06. The monoisotopic (exact) mass is 500 g/mol. The summed E-state index contributed by atoms with van der Waals surface area (Å²) in [5.74, 6) is -1.07. The highest BCUT2D eigenvalue weighted by Gasteiger charge is 2.32. The van der Waals surface area contributed by atoms with Crippen LogP contribution in [-0.4, -0.2) is 54.9 Å². The first kappa shape index (κ1) is 23.4. The predicted molar refractivity (Wildman–Crippen MR) is 122 cm³/mol. The summed E-state index contributed by atoms with van der Waals surface area (Å²) in [6.07, 6.45) is 6.22. The molecule has 0 radical (unpaired) electrons. The van der Waals surface area contributed by atoms with Crippen LogP contribution in [0.5, 0.6) is 0 Å². The van der Waals surface area contributed by atoms with Crippen LogP contribution in [-0.2, 0) is 19.6 Å². The number of carbonyl (C=O) groups is 1. The highest BCUT2D eigenvalue weighted by atomic mass is 35.5. The van der Waals surface area contributed by atoms with Gasteiger partial charge in [0.15, 0.2) is 5.13 Å². The van der Waals surface area contributed by atoms with Crippen LogP contribution in [0.1, 0.15) is 43.6 Å². The summed E-state index contributed by atoms with van der Waals surface area (Å²) in [7, 11) is -3.74. The number of nitrogens with one attached hydrogen (secondary N) is 2. The SMILES string of the molecule is O=C(Nc1ncc(Cl)s1)C(CC1CCOCC1)c1cc(S(=O)(=O)N2CCCC2)c[nH]c1=O. The van der Waals surface area contributed by atoms with Gasteiger partial charge in [-0.1, -0.05) is 22.9 Å². The van der Waals surface area contributed by atoms with Gasteiger partial charge in [0, 0.05) is 38.1 Å². The Labute approximate surface area is 195 Å². The van der Waals surface area contributed by atoms with Crippen LogP contribution in [0.3, 0.4) is 0 Å². The van der Waals surface area contributed by atoms with Gasteiger partial charge in [-0.2, -0.15) is 4.31 Å². The number of hydrogen-bond donors (Lipinski definition) is 2. The molecule has 1 unspecified atom stereocenters. The number of halogens is 1. The Hall–Kier alpha value is -1.79. The zero-order valence-electron chi connectivity index (χ0n) is 17.4.